The van der Waals surface area contributed by atoms with E-state index in [2.05, 4.69) is 19.2 Å². The van der Waals surface area contributed by atoms with Crippen molar-refractivity contribution in [3.05, 3.63) is 0 Å². The maximum Gasteiger partial charge on any atom is 0.326 e. The number of unbranched alkanes of at least 4 members (excludes halogenated alkanes) is 1. The van der Waals surface area contributed by atoms with E-state index in [1.54, 1.807) is 7.05 Å². The van der Waals surface area contributed by atoms with Gasteiger partial charge in [-0.15, -0.1) is 0 Å². The van der Waals surface area contributed by atoms with Crippen LogP contribution in [-0.2, 0) is 14.3 Å². The number of carbonyl (C=O) groups excluding carboxylic acids is 1. The van der Waals surface area contributed by atoms with Crippen LogP contribution in [-0.4, -0.2) is 38.4 Å². The van der Waals surface area contributed by atoms with E-state index in [4.69, 9.17) is 9.47 Å². The van der Waals surface area contributed by atoms with Crippen LogP contribution in [0.25, 0.3) is 0 Å². The lowest BCUT2D eigenvalue weighted by atomic mass is 9.96. The minimum atomic E-state index is -0.605. The van der Waals surface area contributed by atoms with Crippen molar-refractivity contribution in [2.45, 2.75) is 71.8 Å². The monoisotopic (exact) mass is 301 g/mol. The summed E-state index contributed by atoms with van der Waals surface area (Å²) in [5.74, 6) is 0.493. The van der Waals surface area contributed by atoms with Gasteiger partial charge in [0.15, 0.2) is 0 Å². The fraction of sp³-hybridized carbons (Fsp3) is 0.941. The first kappa shape index (κ1) is 20.4. The highest BCUT2D eigenvalue weighted by atomic mass is 16.5. The van der Waals surface area contributed by atoms with E-state index in [1.165, 1.54) is 25.7 Å². The molecular weight excluding hydrogens is 266 g/mol. The van der Waals surface area contributed by atoms with E-state index in [0.29, 0.717) is 19.1 Å². The van der Waals surface area contributed by atoms with Crippen LogP contribution in [0, 0.1) is 5.92 Å². The van der Waals surface area contributed by atoms with Crippen LogP contribution in [0.15, 0.2) is 0 Å². The molecule has 0 aromatic rings. The van der Waals surface area contributed by atoms with Gasteiger partial charge in [0.25, 0.3) is 0 Å². The minimum absolute atomic E-state index is 0.179. The van der Waals surface area contributed by atoms with Gasteiger partial charge >= 0.3 is 5.97 Å². The largest absolute Gasteiger partial charge is 0.465 e. The van der Waals surface area contributed by atoms with Crippen molar-refractivity contribution < 1.29 is 14.3 Å². The Morgan fingerprint density at radius 2 is 1.95 bits per heavy atom. The fourth-order valence-electron chi connectivity index (χ4n) is 2.30. The van der Waals surface area contributed by atoms with E-state index in [-0.39, 0.29) is 5.97 Å². The zero-order chi connectivity index (χ0) is 16.1. The van der Waals surface area contributed by atoms with Gasteiger partial charge in [-0.3, -0.25) is 4.79 Å². The van der Waals surface area contributed by atoms with Gasteiger partial charge in [-0.1, -0.05) is 33.1 Å². The van der Waals surface area contributed by atoms with Gasteiger partial charge < -0.3 is 14.8 Å². The molecule has 0 heterocycles. The molecule has 0 saturated carbocycles. The first-order chi connectivity index (χ1) is 10.0. The number of nitrogens with one attached hydrogen (secondary N) is 1. The summed E-state index contributed by atoms with van der Waals surface area (Å²) in [4.78, 5) is 11.9. The number of hydrogen-bond donors (Lipinski definition) is 1. The summed E-state index contributed by atoms with van der Waals surface area (Å²) in [7, 11) is 1.80. The Bertz CT molecular complexity index is 271. The third-order valence-electron chi connectivity index (χ3n) is 4.14. The molecule has 0 spiro atoms. The maximum absolute atomic E-state index is 11.9. The zero-order valence-electron chi connectivity index (χ0n) is 14.7. The Kier molecular flexibility index (Phi) is 11.6. The van der Waals surface area contributed by atoms with E-state index in [0.717, 1.165) is 19.4 Å². The molecular formula is C17H35NO3. The molecule has 21 heavy (non-hydrogen) atoms. The third kappa shape index (κ3) is 8.42. The third-order valence-corrected chi connectivity index (χ3v) is 4.14. The van der Waals surface area contributed by atoms with Crippen molar-refractivity contribution >= 4 is 5.97 Å². The quantitative estimate of drug-likeness (QED) is 0.417. The number of carbonyl (C=O) groups is 1. The molecule has 0 aliphatic rings. The lowest BCUT2D eigenvalue weighted by molar-refractivity contribution is -0.150. The SMILES string of the molecule is CCCCC(CC)COCCCC(C)(NC)C(=O)OCC. The molecule has 0 bridgehead atoms. The average Bonchev–Trinajstić information content (AvgIpc) is 2.49. The van der Waals surface area contributed by atoms with Gasteiger partial charge in [-0.05, 0) is 46.1 Å². The lowest BCUT2D eigenvalue weighted by Crippen LogP contribution is -2.48. The van der Waals surface area contributed by atoms with Crippen molar-refractivity contribution in [2.24, 2.45) is 5.92 Å². The van der Waals surface area contributed by atoms with Crippen molar-refractivity contribution in [1.29, 1.82) is 0 Å². The van der Waals surface area contributed by atoms with Crippen molar-refractivity contribution in [3.63, 3.8) is 0 Å². The van der Waals surface area contributed by atoms with Crippen LogP contribution in [0.2, 0.25) is 0 Å². The number of esters is 1. The standard InChI is InChI=1S/C17H35NO3/c1-6-9-11-15(7-2)14-20-13-10-12-17(4,18-5)16(19)21-8-3/h15,18H,6-14H2,1-5H3. The maximum atomic E-state index is 11.9. The molecule has 0 rings (SSSR count). The number of rotatable bonds is 13. The molecule has 0 aliphatic carbocycles. The van der Waals surface area contributed by atoms with Gasteiger partial charge in [-0.25, -0.2) is 0 Å². The van der Waals surface area contributed by atoms with E-state index < -0.39 is 5.54 Å². The average molecular weight is 301 g/mol. The summed E-state index contributed by atoms with van der Waals surface area (Å²) in [5.41, 5.74) is -0.605. The second kappa shape index (κ2) is 12.0. The molecule has 0 amide bonds. The number of likely N-dealkylation sites (N-methyl/N-ethyl adjacent to an activating group) is 1. The zero-order valence-corrected chi connectivity index (χ0v) is 14.7. The smallest absolute Gasteiger partial charge is 0.326 e. The Morgan fingerprint density at radius 1 is 1.24 bits per heavy atom. The molecule has 0 radical (unpaired) electrons. The second-order valence-electron chi connectivity index (χ2n) is 5.90. The lowest BCUT2D eigenvalue weighted by Gasteiger charge is -2.26. The molecule has 0 aromatic carbocycles. The van der Waals surface area contributed by atoms with E-state index in [9.17, 15) is 4.79 Å². The van der Waals surface area contributed by atoms with Crippen LogP contribution in [0.1, 0.15) is 66.2 Å². The Morgan fingerprint density at radius 3 is 2.48 bits per heavy atom. The molecule has 2 unspecified atom stereocenters. The normalized spacial score (nSPS) is 15.5. The van der Waals surface area contributed by atoms with Crippen molar-refractivity contribution in [2.75, 3.05) is 26.9 Å². The van der Waals surface area contributed by atoms with Crippen LogP contribution in [0.3, 0.4) is 0 Å². The fourth-order valence-corrected chi connectivity index (χ4v) is 2.30. The molecule has 1 N–H and O–H groups in total. The summed E-state index contributed by atoms with van der Waals surface area (Å²) in [6.07, 6.45) is 6.55. The molecule has 0 aliphatic heterocycles. The predicted octanol–water partition coefficient (Wildman–Crippen LogP) is 3.54. The van der Waals surface area contributed by atoms with E-state index in [1.807, 2.05) is 13.8 Å². The van der Waals surface area contributed by atoms with Crippen LogP contribution in [0.5, 0.6) is 0 Å². The topological polar surface area (TPSA) is 47.6 Å². The van der Waals surface area contributed by atoms with Gasteiger partial charge in [0.05, 0.1) is 6.61 Å². The summed E-state index contributed by atoms with van der Waals surface area (Å²) >= 11 is 0. The summed E-state index contributed by atoms with van der Waals surface area (Å²) in [6, 6.07) is 0. The van der Waals surface area contributed by atoms with E-state index >= 15 is 0 Å². The number of ether oxygens (including phenoxy) is 2. The van der Waals surface area contributed by atoms with Gasteiger partial charge in [0.2, 0.25) is 0 Å². The first-order valence-electron chi connectivity index (χ1n) is 8.47. The molecule has 2 atom stereocenters. The van der Waals surface area contributed by atoms with Crippen LogP contribution >= 0.6 is 0 Å². The van der Waals surface area contributed by atoms with Crippen molar-refractivity contribution in [3.8, 4) is 0 Å². The highest BCUT2D eigenvalue weighted by Crippen LogP contribution is 2.16. The predicted molar refractivity (Wildman–Crippen MR) is 87.5 cm³/mol. The van der Waals surface area contributed by atoms with Gasteiger partial charge in [-0.2, -0.15) is 0 Å². The highest BCUT2D eigenvalue weighted by molar-refractivity contribution is 5.80. The summed E-state index contributed by atoms with van der Waals surface area (Å²) in [6.45, 7) is 10.1. The van der Waals surface area contributed by atoms with Crippen LogP contribution in [0.4, 0.5) is 0 Å². The molecule has 0 fully saturated rings. The molecule has 4 heteroatoms. The first-order valence-corrected chi connectivity index (χ1v) is 8.47. The highest BCUT2D eigenvalue weighted by Gasteiger charge is 2.32. The Hall–Kier alpha value is -0.610. The minimum Gasteiger partial charge on any atom is -0.465 e. The van der Waals surface area contributed by atoms with Crippen molar-refractivity contribution in [1.82, 2.24) is 5.32 Å². The molecule has 0 saturated heterocycles. The summed E-state index contributed by atoms with van der Waals surface area (Å²) < 4.78 is 10.9. The Balaban J connectivity index is 3.93. The van der Waals surface area contributed by atoms with Gasteiger partial charge in [0, 0.05) is 13.2 Å². The number of hydrogen-bond acceptors (Lipinski definition) is 4. The Labute approximate surface area is 131 Å². The molecule has 126 valence electrons. The molecule has 0 aromatic heterocycles. The van der Waals surface area contributed by atoms with Gasteiger partial charge in [0.1, 0.15) is 5.54 Å². The second-order valence-corrected chi connectivity index (χ2v) is 5.90. The molecule has 4 nitrogen and oxygen atoms in total. The van der Waals surface area contributed by atoms with Crippen LogP contribution < -0.4 is 5.32 Å². The summed E-state index contributed by atoms with van der Waals surface area (Å²) in [5, 5.41) is 3.07.